The van der Waals surface area contributed by atoms with Crippen LogP contribution < -0.4 is 0 Å². The minimum atomic E-state index is -0.419. The quantitative estimate of drug-likeness (QED) is 0.548. The Kier molecular flexibility index (Phi) is 4.64. The highest BCUT2D eigenvalue weighted by molar-refractivity contribution is 5.27. The standard InChI is InChI=1S/C27H42O4/c1-15-7-10-27(30-14-15)16(2)24-22(31-27)12-21-19-6-5-17-11-18(28)8-9-25(17,3)20(19)13-23(29)26(21,24)4/h5,15-16,18-24,28-29H,6-14H2,1-4H3. The first-order chi connectivity index (χ1) is 14.7. The lowest BCUT2D eigenvalue weighted by atomic mass is 9.46. The molecule has 174 valence electrons. The van der Waals surface area contributed by atoms with Gasteiger partial charge in [0.25, 0.3) is 0 Å². The predicted molar refractivity (Wildman–Crippen MR) is 119 cm³/mol. The normalized spacial score (nSPS) is 60.7. The summed E-state index contributed by atoms with van der Waals surface area (Å²) < 4.78 is 13.2. The van der Waals surface area contributed by atoms with E-state index >= 15 is 0 Å². The van der Waals surface area contributed by atoms with E-state index in [2.05, 4.69) is 33.8 Å². The molecule has 31 heavy (non-hydrogen) atoms. The molecule has 2 N–H and O–H groups in total. The van der Waals surface area contributed by atoms with Gasteiger partial charge in [0, 0.05) is 23.7 Å². The lowest BCUT2D eigenvalue weighted by Gasteiger charge is -2.60. The molecule has 2 saturated heterocycles. The summed E-state index contributed by atoms with van der Waals surface area (Å²) in [4.78, 5) is 0. The maximum absolute atomic E-state index is 11.8. The number of aliphatic hydroxyl groups excluding tert-OH is 2. The minimum absolute atomic E-state index is 0.0863. The molecule has 6 aliphatic rings. The van der Waals surface area contributed by atoms with E-state index in [1.165, 1.54) is 12.0 Å². The van der Waals surface area contributed by atoms with Crippen LogP contribution in [0.2, 0.25) is 0 Å². The molecule has 0 amide bonds. The predicted octanol–water partition coefficient (Wildman–Crippen LogP) is 4.68. The number of hydrogen-bond donors (Lipinski definition) is 2. The number of fused-ring (bicyclic) bond motifs is 7. The van der Waals surface area contributed by atoms with E-state index in [1.54, 1.807) is 0 Å². The lowest BCUT2D eigenvalue weighted by molar-refractivity contribution is -0.273. The Labute approximate surface area is 187 Å². The van der Waals surface area contributed by atoms with Crippen LogP contribution >= 0.6 is 0 Å². The summed E-state index contributed by atoms with van der Waals surface area (Å²) in [6, 6.07) is 0. The number of ether oxygens (including phenoxy) is 2. The second kappa shape index (κ2) is 6.81. The maximum Gasteiger partial charge on any atom is 0.171 e. The Balaban J connectivity index is 1.32. The van der Waals surface area contributed by atoms with E-state index in [1.807, 2.05) is 0 Å². The molecule has 12 unspecified atom stereocenters. The third-order valence-electron chi connectivity index (χ3n) is 11.5. The van der Waals surface area contributed by atoms with E-state index in [0.29, 0.717) is 35.5 Å². The van der Waals surface area contributed by atoms with E-state index < -0.39 is 5.79 Å². The van der Waals surface area contributed by atoms with Crippen LogP contribution in [0.5, 0.6) is 0 Å². The fraction of sp³-hybridized carbons (Fsp3) is 0.926. The molecule has 4 aliphatic carbocycles. The lowest BCUT2D eigenvalue weighted by Crippen LogP contribution is -2.57. The van der Waals surface area contributed by atoms with Gasteiger partial charge in [0.05, 0.1) is 24.9 Å². The van der Waals surface area contributed by atoms with Crippen molar-refractivity contribution < 1.29 is 19.7 Å². The first-order valence-corrected chi connectivity index (χ1v) is 13.1. The molecule has 4 heteroatoms. The zero-order valence-electron chi connectivity index (χ0n) is 19.8. The highest BCUT2D eigenvalue weighted by Crippen LogP contribution is 2.70. The van der Waals surface area contributed by atoms with Crippen molar-refractivity contribution in [3.63, 3.8) is 0 Å². The van der Waals surface area contributed by atoms with Gasteiger partial charge in [-0.15, -0.1) is 0 Å². The molecular formula is C27H42O4. The van der Waals surface area contributed by atoms with Gasteiger partial charge in [0.15, 0.2) is 5.79 Å². The van der Waals surface area contributed by atoms with E-state index in [0.717, 1.165) is 51.6 Å². The Morgan fingerprint density at radius 3 is 2.58 bits per heavy atom. The van der Waals surface area contributed by atoms with Crippen LogP contribution in [-0.4, -0.2) is 40.9 Å². The number of rotatable bonds is 0. The summed E-state index contributed by atoms with van der Waals surface area (Å²) in [6.45, 7) is 10.2. The van der Waals surface area contributed by atoms with Gasteiger partial charge in [-0.3, -0.25) is 0 Å². The molecule has 0 aromatic heterocycles. The van der Waals surface area contributed by atoms with Crippen LogP contribution in [0.15, 0.2) is 11.6 Å². The fourth-order valence-corrected chi connectivity index (χ4v) is 9.61. The van der Waals surface area contributed by atoms with Gasteiger partial charge >= 0.3 is 0 Å². The van der Waals surface area contributed by atoms with E-state index in [4.69, 9.17) is 9.47 Å². The second-order valence-corrected chi connectivity index (χ2v) is 12.7. The summed E-state index contributed by atoms with van der Waals surface area (Å²) >= 11 is 0. The van der Waals surface area contributed by atoms with Gasteiger partial charge in [-0.1, -0.05) is 39.3 Å². The minimum Gasteiger partial charge on any atom is -0.393 e. The fourth-order valence-electron chi connectivity index (χ4n) is 9.61. The molecule has 2 aliphatic heterocycles. The Hall–Kier alpha value is -0.420. The zero-order valence-corrected chi connectivity index (χ0v) is 19.8. The van der Waals surface area contributed by atoms with Crippen LogP contribution in [0.4, 0.5) is 0 Å². The molecule has 5 fully saturated rings. The highest BCUT2D eigenvalue weighted by atomic mass is 16.7. The van der Waals surface area contributed by atoms with E-state index in [-0.39, 0.29) is 29.1 Å². The number of allylic oxidation sites excluding steroid dienone is 1. The molecule has 0 radical (unpaired) electrons. The average Bonchev–Trinajstić information content (AvgIpc) is 3.18. The molecule has 0 aromatic rings. The molecule has 2 heterocycles. The maximum atomic E-state index is 11.8. The Morgan fingerprint density at radius 2 is 1.84 bits per heavy atom. The van der Waals surface area contributed by atoms with Crippen LogP contribution in [0.3, 0.4) is 0 Å². The second-order valence-electron chi connectivity index (χ2n) is 12.7. The van der Waals surface area contributed by atoms with Gasteiger partial charge in [-0.2, -0.15) is 0 Å². The van der Waals surface area contributed by atoms with E-state index in [9.17, 15) is 10.2 Å². The molecule has 12 atom stereocenters. The van der Waals surface area contributed by atoms with Crippen molar-refractivity contribution in [2.45, 2.75) is 103 Å². The van der Waals surface area contributed by atoms with Crippen molar-refractivity contribution in [1.82, 2.24) is 0 Å². The van der Waals surface area contributed by atoms with Gasteiger partial charge in [0.2, 0.25) is 0 Å². The van der Waals surface area contributed by atoms with Gasteiger partial charge in [-0.25, -0.2) is 0 Å². The summed E-state index contributed by atoms with van der Waals surface area (Å²) in [7, 11) is 0. The van der Waals surface area contributed by atoms with Crippen molar-refractivity contribution >= 4 is 0 Å². The average molecular weight is 431 g/mol. The highest BCUT2D eigenvalue weighted by Gasteiger charge is 2.71. The largest absolute Gasteiger partial charge is 0.393 e. The number of hydrogen-bond acceptors (Lipinski definition) is 4. The van der Waals surface area contributed by atoms with Crippen LogP contribution in [-0.2, 0) is 9.47 Å². The molecule has 0 aromatic carbocycles. The summed E-state index contributed by atoms with van der Waals surface area (Å²) in [6.07, 6.45) is 10.3. The molecule has 4 nitrogen and oxygen atoms in total. The Bertz CT molecular complexity index is 769. The van der Waals surface area contributed by atoms with Crippen molar-refractivity contribution in [2.24, 2.45) is 46.3 Å². The first kappa shape index (κ1) is 21.1. The third-order valence-corrected chi connectivity index (χ3v) is 11.5. The molecule has 6 rings (SSSR count). The first-order valence-electron chi connectivity index (χ1n) is 13.1. The summed E-state index contributed by atoms with van der Waals surface area (Å²) in [5, 5.41) is 22.0. The van der Waals surface area contributed by atoms with Gasteiger partial charge < -0.3 is 19.7 Å². The van der Waals surface area contributed by atoms with Crippen LogP contribution in [0, 0.1) is 46.3 Å². The summed E-state index contributed by atoms with van der Waals surface area (Å²) in [5.41, 5.74) is 1.53. The van der Waals surface area contributed by atoms with Gasteiger partial charge in [-0.05, 0) is 74.0 Å². The van der Waals surface area contributed by atoms with Gasteiger partial charge in [0.1, 0.15) is 0 Å². The molecule has 1 spiro atoms. The van der Waals surface area contributed by atoms with Crippen molar-refractivity contribution in [3.05, 3.63) is 11.6 Å². The molecular weight excluding hydrogens is 388 g/mol. The van der Waals surface area contributed by atoms with Crippen molar-refractivity contribution in [3.8, 4) is 0 Å². The van der Waals surface area contributed by atoms with Crippen molar-refractivity contribution in [1.29, 1.82) is 0 Å². The van der Waals surface area contributed by atoms with Crippen molar-refractivity contribution in [2.75, 3.05) is 6.61 Å². The Morgan fingerprint density at radius 1 is 1.03 bits per heavy atom. The molecule has 3 saturated carbocycles. The van der Waals surface area contributed by atoms with Crippen LogP contribution in [0.25, 0.3) is 0 Å². The zero-order chi connectivity index (χ0) is 21.8. The third kappa shape index (κ3) is 2.68. The topological polar surface area (TPSA) is 58.9 Å². The van der Waals surface area contributed by atoms with Crippen LogP contribution in [0.1, 0.15) is 79.1 Å². The number of aliphatic hydroxyl groups is 2. The monoisotopic (exact) mass is 430 g/mol. The summed E-state index contributed by atoms with van der Waals surface area (Å²) in [5.74, 6) is 2.58. The smallest absolute Gasteiger partial charge is 0.171 e. The molecule has 0 bridgehead atoms. The SMILES string of the molecule is CC1CCC2(OC1)OC1CC3C4CC=C5CC(O)CCC5(C)C4CC(O)C3(C)C1C2C.